The summed E-state index contributed by atoms with van der Waals surface area (Å²) in [5, 5.41) is 5.04. The minimum absolute atomic E-state index is 0.0666. The van der Waals surface area contributed by atoms with Gasteiger partial charge in [-0.05, 0) is 63.0 Å². The molecule has 0 amide bonds. The summed E-state index contributed by atoms with van der Waals surface area (Å²) in [6.07, 6.45) is 2.63. The molecule has 142 valence electrons. The van der Waals surface area contributed by atoms with Gasteiger partial charge in [0.2, 0.25) is 0 Å². The second kappa shape index (κ2) is 10.3. The van der Waals surface area contributed by atoms with Crippen LogP contribution in [0.4, 0.5) is 0 Å². The largest absolute Gasteiger partial charge is 0.316 e. The van der Waals surface area contributed by atoms with Crippen LogP contribution in [0.3, 0.4) is 0 Å². The molecular weight excluding hydrogens is 392 g/mol. The topological polar surface area (TPSA) is 79.3 Å². The number of rotatable bonds is 4. The molecule has 8 heteroatoms. The van der Waals surface area contributed by atoms with E-state index in [1.165, 1.54) is 31.5 Å². The van der Waals surface area contributed by atoms with E-state index in [9.17, 15) is 8.42 Å². The molecule has 1 fully saturated rings. The van der Waals surface area contributed by atoms with Crippen molar-refractivity contribution in [2.24, 2.45) is 5.92 Å². The number of nitrogens with zero attached hydrogens (tertiary/aromatic N) is 1. The highest BCUT2D eigenvalue weighted by molar-refractivity contribution is 7.99. The van der Waals surface area contributed by atoms with Crippen molar-refractivity contribution in [2.45, 2.75) is 29.7 Å². The van der Waals surface area contributed by atoms with Gasteiger partial charge in [0.1, 0.15) is 5.15 Å². The zero-order valence-corrected chi connectivity index (χ0v) is 16.9. The Morgan fingerprint density at radius 1 is 1.27 bits per heavy atom. The Labute approximate surface area is 164 Å². The number of halogens is 1. The molecule has 1 aromatic carbocycles. The molecule has 1 unspecified atom stereocenters. The SMILES string of the molecule is Cc1ccc(S(=O)(=O)O)cc1.Clc1cccc(SCC2CCCNC2)n1. The second-order valence-corrected chi connectivity index (χ2v) is 8.96. The van der Waals surface area contributed by atoms with Crippen molar-refractivity contribution >= 4 is 33.5 Å². The van der Waals surface area contributed by atoms with Crippen molar-refractivity contribution in [3.8, 4) is 0 Å². The number of aryl methyl sites for hydroxylation is 1. The van der Waals surface area contributed by atoms with Crippen molar-refractivity contribution in [3.63, 3.8) is 0 Å². The monoisotopic (exact) mass is 414 g/mol. The van der Waals surface area contributed by atoms with Crippen LogP contribution in [0, 0.1) is 12.8 Å². The Bertz CT molecular complexity index is 792. The molecule has 2 N–H and O–H groups in total. The first-order chi connectivity index (χ1) is 12.3. The summed E-state index contributed by atoms with van der Waals surface area (Å²) in [6.45, 7) is 4.16. The van der Waals surface area contributed by atoms with Gasteiger partial charge in [-0.15, -0.1) is 11.8 Å². The summed E-state index contributed by atoms with van der Waals surface area (Å²) < 4.78 is 29.6. The fourth-order valence-electron chi connectivity index (χ4n) is 2.45. The lowest BCUT2D eigenvalue weighted by Crippen LogP contribution is -2.30. The number of benzene rings is 1. The zero-order valence-electron chi connectivity index (χ0n) is 14.6. The number of hydrogen-bond acceptors (Lipinski definition) is 5. The van der Waals surface area contributed by atoms with Crippen molar-refractivity contribution < 1.29 is 13.0 Å². The van der Waals surface area contributed by atoms with Gasteiger partial charge in [0, 0.05) is 5.75 Å². The van der Waals surface area contributed by atoms with Crippen LogP contribution >= 0.6 is 23.4 Å². The van der Waals surface area contributed by atoms with E-state index in [4.69, 9.17) is 16.2 Å². The highest BCUT2D eigenvalue weighted by atomic mass is 35.5. The van der Waals surface area contributed by atoms with Gasteiger partial charge in [-0.25, -0.2) is 4.98 Å². The first-order valence-corrected chi connectivity index (χ1v) is 11.1. The lowest BCUT2D eigenvalue weighted by atomic mass is 10.0. The first-order valence-electron chi connectivity index (χ1n) is 8.35. The molecule has 0 bridgehead atoms. The standard InChI is InChI=1S/C11H15ClN2S.C7H8O3S/c12-10-4-1-5-11(14-10)15-8-9-3-2-6-13-7-9;1-6-2-4-7(5-3-6)11(8,9)10/h1,4-5,9,13H,2-3,6-8H2;2-5H,1H3,(H,8,9,10). The molecule has 1 saturated heterocycles. The lowest BCUT2D eigenvalue weighted by molar-refractivity contribution is 0.410. The number of nitrogens with one attached hydrogen (secondary N) is 1. The van der Waals surface area contributed by atoms with Gasteiger partial charge < -0.3 is 5.32 Å². The molecule has 1 atom stereocenters. The number of hydrogen-bond donors (Lipinski definition) is 2. The minimum atomic E-state index is -4.02. The number of thioether (sulfide) groups is 1. The van der Waals surface area contributed by atoms with Crippen molar-refractivity contribution in [1.29, 1.82) is 0 Å². The lowest BCUT2D eigenvalue weighted by Gasteiger charge is -2.21. The van der Waals surface area contributed by atoms with Crippen LogP contribution in [0.1, 0.15) is 18.4 Å². The van der Waals surface area contributed by atoms with Crippen LogP contribution in [0.2, 0.25) is 5.15 Å². The summed E-state index contributed by atoms with van der Waals surface area (Å²) in [7, 11) is -4.02. The van der Waals surface area contributed by atoms with Gasteiger partial charge in [0.15, 0.2) is 0 Å². The number of pyridine rings is 1. The molecule has 1 aliphatic rings. The molecule has 5 nitrogen and oxygen atoms in total. The molecule has 0 spiro atoms. The van der Waals surface area contributed by atoms with E-state index >= 15 is 0 Å². The number of aromatic nitrogens is 1. The van der Waals surface area contributed by atoms with E-state index in [0.29, 0.717) is 5.15 Å². The zero-order chi connectivity index (χ0) is 19.0. The Morgan fingerprint density at radius 2 is 2.00 bits per heavy atom. The van der Waals surface area contributed by atoms with Crippen LogP contribution in [-0.2, 0) is 10.1 Å². The quantitative estimate of drug-likeness (QED) is 0.446. The maximum Gasteiger partial charge on any atom is 0.294 e. The number of piperidine rings is 1. The normalized spacial score (nSPS) is 17.3. The minimum Gasteiger partial charge on any atom is -0.316 e. The Hall–Kier alpha value is -1.12. The molecule has 2 heterocycles. The fraction of sp³-hybridized carbons (Fsp3) is 0.389. The molecule has 0 radical (unpaired) electrons. The molecule has 2 aromatic rings. The summed E-state index contributed by atoms with van der Waals surface area (Å²) in [5.74, 6) is 1.92. The molecule has 1 aliphatic heterocycles. The first kappa shape index (κ1) is 21.2. The van der Waals surface area contributed by atoms with Crippen LogP contribution in [0.15, 0.2) is 52.4 Å². The second-order valence-electron chi connectivity index (χ2n) is 6.11. The molecule has 3 rings (SSSR count). The molecule has 0 saturated carbocycles. The molecule has 1 aromatic heterocycles. The maximum atomic E-state index is 10.5. The van der Waals surface area contributed by atoms with Gasteiger partial charge in [0.05, 0.1) is 9.92 Å². The van der Waals surface area contributed by atoms with Gasteiger partial charge >= 0.3 is 0 Å². The van der Waals surface area contributed by atoms with E-state index in [-0.39, 0.29) is 4.90 Å². The van der Waals surface area contributed by atoms with Gasteiger partial charge in [0.25, 0.3) is 10.1 Å². The third kappa shape index (κ3) is 7.63. The van der Waals surface area contributed by atoms with E-state index < -0.39 is 10.1 Å². The molecular formula is C18H23ClN2O3S2. The van der Waals surface area contributed by atoms with Crippen LogP contribution < -0.4 is 5.32 Å². The summed E-state index contributed by atoms with van der Waals surface area (Å²) >= 11 is 7.64. The van der Waals surface area contributed by atoms with Crippen molar-refractivity contribution in [2.75, 3.05) is 18.8 Å². The average Bonchev–Trinajstić information content (AvgIpc) is 2.61. The van der Waals surface area contributed by atoms with Crippen LogP contribution in [0.25, 0.3) is 0 Å². The Balaban J connectivity index is 0.000000197. The van der Waals surface area contributed by atoms with Gasteiger partial charge in [-0.2, -0.15) is 8.42 Å². The fourth-order valence-corrected chi connectivity index (χ4v) is 4.17. The van der Waals surface area contributed by atoms with E-state index in [1.54, 1.807) is 23.9 Å². The summed E-state index contributed by atoms with van der Waals surface area (Å²) in [4.78, 5) is 4.20. The van der Waals surface area contributed by atoms with E-state index in [0.717, 1.165) is 28.8 Å². The average molecular weight is 415 g/mol. The third-order valence-corrected chi connectivity index (χ3v) is 6.11. The predicted octanol–water partition coefficient (Wildman–Crippen LogP) is 4.07. The highest BCUT2D eigenvalue weighted by Gasteiger charge is 2.13. The summed E-state index contributed by atoms with van der Waals surface area (Å²) in [5.41, 5.74) is 0.956. The van der Waals surface area contributed by atoms with Crippen molar-refractivity contribution in [1.82, 2.24) is 10.3 Å². The Morgan fingerprint density at radius 3 is 2.58 bits per heavy atom. The van der Waals surface area contributed by atoms with Gasteiger partial charge in [-0.3, -0.25) is 4.55 Å². The maximum absolute atomic E-state index is 10.5. The third-order valence-electron chi connectivity index (χ3n) is 3.87. The Kier molecular flexibility index (Phi) is 8.37. The van der Waals surface area contributed by atoms with Crippen LogP contribution in [-0.4, -0.2) is 36.8 Å². The highest BCUT2D eigenvalue weighted by Crippen LogP contribution is 2.23. The molecule has 0 aliphatic carbocycles. The van der Waals surface area contributed by atoms with Gasteiger partial charge in [-0.1, -0.05) is 35.4 Å². The molecule has 26 heavy (non-hydrogen) atoms. The van der Waals surface area contributed by atoms with E-state index in [1.807, 2.05) is 25.1 Å². The van der Waals surface area contributed by atoms with Crippen LogP contribution in [0.5, 0.6) is 0 Å². The predicted molar refractivity (Wildman–Crippen MR) is 107 cm³/mol. The summed E-state index contributed by atoms with van der Waals surface area (Å²) in [6, 6.07) is 11.8. The van der Waals surface area contributed by atoms with Crippen molar-refractivity contribution in [3.05, 3.63) is 53.2 Å². The smallest absolute Gasteiger partial charge is 0.294 e. The van der Waals surface area contributed by atoms with E-state index in [2.05, 4.69) is 10.3 Å².